The smallest absolute Gasteiger partial charge is 0.318 e. The molecular formula is C21H26N4OS. The van der Waals surface area contributed by atoms with Gasteiger partial charge in [-0.15, -0.1) is 11.3 Å². The van der Waals surface area contributed by atoms with Crippen molar-refractivity contribution in [2.75, 3.05) is 6.54 Å². The fourth-order valence-corrected chi connectivity index (χ4v) is 4.13. The van der Waals surface area contributed by atoms with Crippen molar-refractivity contribution in [3.05, 3.63) is 47.6 Å². The molecule has 1 aromatic carbocycles. The van der Waals surface area contributed by atoms with Gasteiger partial charge in [0.15, 0.2) is 4.96 Å². The maximum Gasteiger partial charge on any atom is 0.318 e. The van der Waals surface area contributed by atoms with E-state index in [0.717, 1.165) is 42.0 Å². The summed E-state index contributed by atoms with van der Waals surface area (Å²) >= 11 is 1.66. The molecule has 142 valence electrons. The molecule has 1 aliphatic carbocycles. The lowest BCUT2D eigenvalue weighted by Gasteiger charge is -2.28. The van der Waals surface area contributed by atoms with Crippen LogP contribution in [0.2, 0.25) is 0 Å². The molecule has 0 radical (unpaired) electrons. The van der Waals surface area contributed by atoms with Gasteiger partial charge in [-0.25, -0.2) is 9.78 Å². The van der Waals surface area contributed by atoms with E-state index >= 15 is 0 Å². The molecule has 2 amide bonds. The van der Waals surface area contributed by atoms with Crippen LogP contribution in [0.25, 0.3) is 16.2 Å². The monoisotopic (exact) mass is 382 g/mol. The predicted octanol–water partition coefficient (Wildman–Crippen LogP) is 4.58. The number of carbonyl (C=O) groups excluding carboxylic acids is 1. The lowest BCUT2D eigenvalue weighted by atomic mass is 10.1. The van der Waals surface area contributed by atoms with Crippen molar-refractivity contribution in [2.45, 2.75) is 51.6 Å². The van der Waals surface area contributed by atoms with Crippen LogP contribution in [-0.4, -0.2) is 38.4 Å². The lowest BCUT2D eigenvalue weighted by Crippen LogP contribution is -2.49. The molecule has 2 heterocycles. The lowest BCUT2D eigenvalue weighted by molar-refractivity contribution is 0.186. The Labute approximate surface area is 164 Å². The zero-order valence-corrected chi connectivity index (χ0v) is 16.9. The minimum Gasteiger partial charge on any atom is -0.333 e. The topological polar surface area (TPSA) is 49.6 Å². The van der Waals surface area contributed by atoms with E-state index in [9.17, 15) is 4.79 Å². The van der Waals surface area contributed by atoms with Crippen LogP contribution < -0.4 is 5.32 Å². The predicted molar refractivity (Wildman–Crippen MR) is 110 cm³/mol. The maximum absolute atomic E-state index is 12.7. The molecule has 6 heteroatoms. The minimum absolute atomic E-state index is 0.0482. The van der Waals surface area contributed by atoms with Crippen molar-refractivity contribution in [1.82, 2.24) is 19.6 Å². The summed E-state index contributed by atoms with van der Waals surface area (Å²) in [7, 11) is 0. The quantitative estimate of drug-likeness (QED) is 0.702. The molecule has 2 aromatic heterocycles. The SMILES string of the molecule is CC(C)(C)NC(=O)N(CCc1csc2nc(-c3ccccc3)cn12)C1CC1. The van der Waals surface area contributed by atoms with Crippen molar-refractivity contribution >= 4 is 22.3 Å². The van der Waals surface area contributed by atoms with Gasteiger partial charge in [-0.3, -0.25) is 4.40 Å². The molecule has 0 saturated heterocycles. The first-order chi connectivity index (χ1) is 12.9. The van der Waals surface area contributed by atoms with Crippen LogP contribution in [0.4, 0.5) is 4.79 Å². The second kappa shape index (κ2) is 7.00. The highest BCUT2D eigenvalue weighted by Crippen LogP contribution is 2.28. The van der Waals surface area contributed by atoms with Gasteiger partial charge in [0.1, 0.15) is 0 Å². The van der Waals surface area contributed by atoms with Crippen LogP contribution in [0.1, 0.15) is 39.3 Å². The first kappa shape index (κ1) is 18.0. The molecule has 0 unspecified atom stereocenters. The number of urea groups is 1. The molecule has 1 aliphatic rings. The molecule has 0 atom stereocenters. The van der Waals surface area contributed by atoms with E-state index < -0.39 is 0 Å². The van der Waals surface area contributed by atoms with Gasteiger partial charge in [-0.2, -0.15) is 0 Å². The Morgan fingerprint density at radius 2 is 2.04 bits per heavy atom. The molecule has 3 aromatic rings. The number of thiazole rings is 1. The van der Waals surface area contributed by atoms with Crippen LogP contribution >= 0.6 is 11.3 Å². The summed E-state index contributed by atoms with van der Waals surface area (Å²) in [6.45, 7) is 6.80. The van der Waals surface area contributed by atoms with Crippen LogP contribution in [0.3, 0.4) is 0 Å². The summed E-state index contributed by atoms with van der Waals surface area (Å²) in [5.74, 6) is 0. The van der Waals surface area contributed by atoms with Gasteiger partial charge >= 0.3 is 6.03 Å². The number of fused-ring (bicyclic) bond motifs is 1. The van der Waals surface area contributed by atoms with Crippen molar-refractivity contribution < 1.29 is 4.79 Å². The van der Waals surface area contributed by atoms with Gasteiger partial charge in [0, 0.05) is 47.4 Å². The Balaban J connectivity index is 1.49. The number of imidazole rings is 1. The van der Waals surface area contributed by atoms with E-state index in [2.05, 4.69) is 33.4 Å². The summed E-state index contributed by atoms with van der Waals surface area (Å²) in [6.07, 6.45) is 5.16. The highest BCUT2D eigenvalue weighted by molar-refractivity contribution is 7.15. The van der Waals surface area contributed by atoms with Crippen molar-refractivity contribution in [1.29, 1.82) is 0 Å². The van der Waals surface area contributed by atoms with Crippen molar-refractivity contribution in [3.8, 4) is 11.3 Å². The molecule has 1 saturated carbocycles. The molecule has 1 fully saturated rings. The largest absolute Gasteiger partial charge is 0.333 e. The van der Waals surface area contributed by atoms with E-state index in [1.807, 2.05) is 43.9 Å². The molecule has 4 rings (SSSR count). The normalized spacial score (nSPS) is 14.5. The number of hydrogen-bond acceptors (Lipinski definition) is 3. The minimum atomic E-state index is -0.213. The van der Waals surface area contributed by atoms with Crippen LogP contribution in [0, 0.1) is 0 Å². The van der Waals surface area contributed by atoms with E-state index in [0.29, 0.717) is 6.04 Å². The molecule has 0 aliphatic heterocycles. The summed E-state index contributed by atoms with van der Waals surface area (Å²) in [4.78, 5) is 20.4. The number of carbonyl (C=O) groups is 1. The Hall–Kier alpha value is -2.34. The fraction of sp³-hybridized carbons (Fsp3) is 0.429. The van der Waals surface area contributed by atoms with Crippen LogP contribution in [0.15, 0.2) is 41.9 Å². The number of aromatic nitrogens is 2. The zero-order valence-electron chi connectivity index (χ0n) is 16.1. The molecule has 27 heavy (non-hydrogen) atoms. The first-order valence-electron chi connectivity index (χ1n) is 9.50. The highest BCUT2D eigenvalue weighted by atomic mass is 32.1. The Kier molecular flexibility index (Phi) is 4.68. The van der Waals surface area contributed by atoms with Crippen LogP contribution in [0.5, 0.6) is 0 Å². The fourth-order valence-electron chi connectivity index (χ4n) is 3.22. The summed E-state index contributed by atoms with van der Waals surface area (Å²) < 4.78 is 2.17. The molecule has 1 N–H and O–H groups in total. The standard InChI is InChI=1S/C21H26N4OS/c1-21(2,3)23-19(26)24(16-9-10-16)12-11-17-14-27-20-22-18(13-25(17)20)15-7-5-4-6-8-15/h4-8,13-14,16H,9-12H2,1-3H3,(H,23,26). The highest BCUT2D eigenvalue weighted by Gasteiger charge is 2.33. The van der Waals surface area contributed by atoms with E-state index in [-0.39, 0.29) is 11.6 Å². The molecule has 5 nitrogen and oxygen atoms in total. The number of benzene rings is 1. The Morgan fingerprint density at radius 3 is 2.70 bits per heavy atom. The summed E-state index contributed by atoms with van der Waals surface area (Å²) in [5.41, 5.74) is 3.12. The third-order valence-corrected chi connectivity index (χ3v) is 5.58. The van der Waals surface area contributed by atoms with Gasteiger partial charge in [0.25, 0.3) is 0 Å². The summed E-state index contributed by atoms with van der Waals surface area (Å²) in [6, 6.07) is 10.7. The Morgan fingerprint density at radius 1 is 1.30 bits per heavy atom. The van der Waals surface area contributed by atoms with Gasteiger partial charge in [0.2, 0.25) is 0 Å². The number of nitrogens with zero attached hydrogens (tertiary/aromatic N) is 3. The average Bonchev–Trinajstić information content (AvgIpc) is 3.24. The number of nitrogens with one attached hydrogen (secondary N) is 1. The third-order valence-electron chi connectivity index (χ3n) is 4.69. The van der Waals surface area contributed by atoms with Gasteiger partial charge < -0.3 is 10.2 Å². The second-order valence-electron chi connectivity index (χ2n) is 8.23. The van der Waals surface area contributed by atoms with E-state index in [1.165, 1.54) is 5.69 Å². The third kappa shape index (κ3) is 4.16. The van der Waals surface area contributed by atoms with Crippen molar-refractivity contribution in [3.63, 3.8) is 0 Å². The second-order valence-corrected chi connectivity index (χ2v) is 9.06. The van der Waals surface area contributed by atoms with E-state index in [1.54, 1.807) is 11.3 Å². The molecular weight excluding hydrogens is 356 g/mol. The Bertz CT molecular complexity index is 934. The maximum atomic E-state index is 12.7. The molecule has 0 bridgehead atoms. The number of hydrogen-bond donors (Lipinski definition) is 1. The number of amides is 2. The van der Waals surface area contributed by atoms with Gasteiger partial charge in [-0.05, 0) is 33.6 Å². The first-order valence-corrected chi connectivity index (χ1v) is 10.4. The molecule has 0 spiro atoms. The average molecular weight is 383 g/mol. The van der Waals surface area contributed by atoms with Gasteiger partial charge in [-0.1, -0.05) is 30.3 Å². The van der Waals surface area contributed by atoms with Crippen molar-refractivity contribution in [2.24, 2.45) is 0 Å². The van der Waals surface area contributed by atoms with E-state index in [4.69, 9.17) is 4.98 Å². The van der Waals surface area contributed by atoms with Gasteiger partial charge in [0.05, 0.1) is 5.69 Å². The zero-order chi connectivity index (χ0) is 19.0. The summed E-state index contributed by atoms with van der Waals surface area (Å²) in [5, 5.41) is 5.26. The van der Waals surface area contributed by atoms with Crippen LogP contribution in [-0.2, 0) is 6.42 Å². The number of rotatable bonds is 5.